The molecular weight excluding hydrogens is 286 g/mol. The summed E-state index contributed by atoms with van der Waals surface area (Å²) in [5.74, 6) is 2.71. The topological polar surface area (TPSA) is 87.4 Å². The van der Waals surface area contributed by atoms with Crippen molar-refractivity contribution >= 4 is 23.5 Å². The molecule has 0 aromatic carbocycles. The summed E-state index contributed by atoms with van der Waals surface area (Å²) in [5.41, 5.74) is -0.959. The number of hydrogen-bond acceptors (Lipinski definition) is 7. The fourth-order valence-electron chi connectivity index (χ4n) is 1.72. The van der Waals surface area contributed by atoms with E-state index < -0.39 is 5.54 Å². The van der Waals surface area contributed by atoms with Gasteiger partial charge in [0, 0.05) is 47.4 Å². The molecule has 0 aromatic heterocycles. The van der Waals surface area contributed by atoms with E-state index in [-0.39, 0.29) is 16.8 Å². The van der Waals surface area contributed by atoms with Crippen LogP contribution in [0.1, 0.15) is 6.92 Å². The fourth-order valence-corrected chi connectivity index (χ4v) is 3.92. The summed E-state index contributed by atoms with van der Waals surface area (Å²) < 4.78 is 0. The summed E-state index contributed by atoms with van der Waals surface area (Å²) in [6.45, 7) is 4.10. The van der Waals surface area contributed by atoms with Gasteiger partial charge in [0.15, 0.2) is 0 Å². The van der Waals surface area contributed by atoms with Gasteiger partial charge in [-0.15, -0.1) is 0 Å². The van der Waals surface area contributed by atoms with Crippen LogP contribution in [0.4, 0.5) is 0 Å². The summed E-state index contributed by atoms with van der Waals surface area (Å²) >= 11 is 3.51. The van der Waals surface area contributed by atoms with Gasteiger partial charge >= 0.3 is 0 Å². The van der Waals surface area contributed by atoms with Gasteiger partial charge in [0.1, 0.15) is 0 Å². The Morgan fingerprint density at radius 1 is 1.37 bits per heavy atom. The molecule has 0 amide bonds. The van der Waals surface area contributed by atoms with Crippen LogP contribution in [0.3, 0.4) is 0 Å². The molecular formula is C11H23N3O3S2. The van der Waals surface area contributed by atoms with E-state index >= 15 is 0 Å². The highest BCUT2D eigenvalue weighted by Crippen LogP contribution is 2.16. The van der Waals surface area contributed by atoms with Crippen LogP contribution in [-0.2, 0) is 0 Å². The number of nitro groups is 1. The second kappa shape index (κ2) is 9.02. The van der Waals surface area contributed by atoms with Crippen molar-refractivity contribution in [2.75, 3.05) is 50.0 Å². The van der Waals surface area contributed by atoms with Gasteiger partial charge in [-0.2, -0.15) is 23.5 Å². The molecule has 3 N–H and O–H groups in total. The van der Waals surface area contributed by atoms with Gasteiger partial charge in [-0.05, 0) is 0 Å². The van der Waals surface area contributed by atoms with Gasteiger partial charge in [-0.3, -0.25) is 10.1 Å². The highest BCUT2D eigenvalue weighted by Gasteiger charge is 2.36. The van der Waals surface area contributed by atoms with E-state index in [1.165, 1.54) is 0 Å². The minimum Gasteiger partial charge on any atom is -0.395 e. The lowest BCUT2D eigenvalue weighted by Crippen LogP contribution is -2.52. The van der Waals surface area contributed by atoms with E-state index in [2.05, 4.69) is 10.6 Å². The summed E-state index contributed by atoms with van der Waals surface area (Å²) in [5, 5.41) is 27.0. The van der Waals surface area contributed by atoms with E-state index in [1.54, 1.807) is 30.4 Å². The van der Waals surface area contributed by atoms with Crippen LogP contribution >= 0.6 is 23.5 Å². The zero-order valence-electron chi connectivity index (χ0n) is 11.3. The minimum atomic E-state index is -0.959. The lowest BCUT2D eigenvalue weighted by Gasteiger charge is -2.21. The number of nitrogens with zero attached hydrogens (tertiary/aromatic N) is 1. The molecule has 112 valence electrons. The summed E-state index contributed by atoms with van der Waals surface area (Å²) in [6.07, 6.45) is 0. The van der Waals surface area contributed by atoms with Crippen LogP contribution in [0.15, 0.2) is 0 Å². The first-order chi connectivity index (χ1) is 9.08. The van der Waals surface area contributed by atoms with Gasteiger partial charge in [-0.25, -0.2) is 0 Å². The SMILES string of the molecule is CC1([N+](=O)[O-])CNCCSCC(CO)SCCNC1. The summed E-state index contributed by atoms with van der Waals surface area (Å²) in [6, 6.07) is 0. The van der Waals surface area contributed by atoms with Crippen LogP contribution in [0.5, 0.6) is 0 Å². The Hall–Kier alpha value is -0.0200. The summed E-state index contributed by atoms with van der Waals surface area (Å²) in [4.78, 5) is 10.9. The van der Waals surface area contributed by atoms with Crippen LogP contribution in [0.2, 0.25) is 0 Å². The van der Waals surface area contributed by atoms with E-state index in [9.17, 15) is 15.2 Å². The van der Waals surface area contributed by atoms with Gasteiger partial charge in [0.2, 0.25) is 5.54 Å². The van der Waals surface area contributed by atoms with Crippen molar-refractivity contribution < 1.29 is 10.0 Å². The maximum atomic E-state index is 11.1. The lowest BCUT2D eigenvalue weighted by molar-refractivity contribution is -0.560. The molecule has 6 nitrogen and oxygen atoms in total. The van der Waals surface area contributed by atoms with E-state index in [4.69, 9.17) is 0 Å². The third-order valence-electron chi connectivity index (χ3n) is 3.02. The van der Waals surface area contributed by atoms with E-state index in [1.807, 2.05) is 0 Å². The predicted octanol–water partition coefficient (Wildman–Crippen LogP) is 0.0419. The Bertz CT molecular complexity index is 284. The van der Waals surface area contributed by atoms with Crippen molar-refractivity contribution in [3.8, 4) is 0 Å². The minimum absolute atomic E-state index is 0.192. The van der Waals surface area contributed by atoms with Crippen LogP contribution < -0.4 is 10.6 Å². The number of aliphatic hydroxyl groups excluding tert-OH is 1. The maximum Gasteiger partial charge on any atom is 0.243 e. The maximum absolute atomic E-state index is 11.1. The Labute approximate surface area is 122 Å². The molecule has 1 rings (SSSR count). The molecule has 1 heterocycles. The van der Waals surface area contributed by atoms with Gasteiger partial charge in [0.25, 0.3) is 0 Å². The van der Waals surface area contributed by atoms with Crippen molar-refractivity contribution in [1.82, 2.24) is 10.6 Å². The average molecular weight is 309 g/mol. The molecule has 19 heavy (non-hydrogen) atoms. The van der Waals surface area contributed by atoms with Crippen LogP contribution in [-0.4, -0.2) is 70.9 Å². The largest absolute Gasteiger partial charge is 0.395 e. The van der Waals surface area contributed by atoms with Crippen molar-refractivity contribution in [3.63, 3.8) is 0 Å². The van der Waals surface area contributed by atoms with Crippen molar-refractivity contribution in [2.24, 2.45) is 0 Å². The molecule has 1 aliphatic heterocycles. The molecule has 0 saturated carbocycles. The summed E-state index contributed by atoms with van der Waals surface area (Å²) in [7, 11) is 0. The lowest BCUT2D eigenvalue weighted by atomic mass is 10.0. The zero-order chi connectivity index (χ0) is 14.1. The average Bonchev–Trinajstić information content (AvgIpc) is 2.40. The van der Waals surface area contributed by atoms with Crippen molar-refractivity contribution in [1.29, 1.82) is 0 Å². The Balaban J connectivity index is 2.49. The molecule has 8 heteroatoms. The Morgan fingerprint density at radius 2 is 2.00 bits per heavy atom. The number of aliphatic hydroxyl groups is 1. The molecule has 1 aliphatic rings. The van der Waals surface area contributed by atoms with E-state index in [0.29, 0.717) is 13.1 Å². The number of hydrogen-bond donors (Lipinski definition) is 3. The van der Waals surface area contributed by atoms with Gasteiger partial charge in [-0.1, -0.05) is 0 Å². The van der Waals surface area contributed by atoms with Gasteiger partial charge in [0.05, 0.1) is 19.7 Å². The molecule has 0 radical (unpaired) electrons. The third kappa shape index (κ3) is 6.31. The number of thioether (sulfide) groups is 2. The Morgan fingerprint density at radius 3 is 2.58 bits per heavy atom. The second-order valence-corrected chi connectivity index (χ2v) is 7.42. The van der Waals surface area contributed by atoms with E-state index in [0.717, 1.165) is 30.3 Å². The fraction of sp³-hybridized carbons (Fsp3) is 1.00. The molecule has 0 aliphatic carbocycles. The first-order valence-electron chi connectivity index (χ1n) is 6.44. The van der Waals surface area contributed by atoms with Crippen LogP contribution in [0, 0.1) is 10.1 Å². The third-order valence-corrected chi connectivity index (χ3v) is 5.58. The highest BCUT2D eigenvalue weighted by atomic mass is 32.2. The van der Waals surface area contributed by atoms with Crippen molar-refractivity contribution in [3.05, 3.63) is 10.1 Å². The predicted molar refractivity (Wildman–Crippen MR) is 81.8 cm³/mol. The van der Waals surface area contributed by atoms with Crippen LogP contribution in [0.25, 0.3) is 0 Å². The quantitative estimate of drug-likeness (QED) is 0.490. The van der Waals surface area contributed by atoms with Crippen molar-refractivity contribution in [2.45, 2.75) is 17.7 Å². The normalized spacial score (nSPS) is 31.8. The molecule has 1 fully saturated rings. The smallest absolute Gasteiger partial charge is 0.243 e. The first-order valence-corrected chi connectivity index (χ1v) is 8.65. The standard InChI is InChI=1S/C11H23N3O3S2/c1-11(14(16)17)8-12-2-4-18-7-10(6-15)19-5-3-13-9-11/h10,12-13,15H,2-9H2,1H3. The second-order valence-electron chi connectivity index (χ2n) is 4.86. The first kappa shape index (κ1) is 17.0. The van der Waals surface area contributed by atoms with Gasteiger partial charge < -0.3 is 15.7 Å². The number of nitrogens with one attached hydrogen (secondary N) is 2. The molecule has 2 unspecified atom stereocenters. The molecule has 2 atom stereocenters. The monoisotopic (exact) mass is 309 g/mol. The zero-order valence-corrected chi connectivity index (χ0v) is 12.9. The molecule has 0 bridgehead atoms. The Kier molecular flexibility index (Phi) is 8.08. The molecule has 0 spiro atoms. The molecule has 0 aromatic rings. The number of rotatable bonds is 2. The molecule has 1 saturated heterocycles. The highest BCUT2D eigenvalue weighted by molar-refractivity contribution is 8.03.